The minimum Gasteiger partial charge on any atom is -0.429 e. The first-order chi connectivity index (χ1) is 7.63. The number of ether oxygens (including phenoxy) is 1. The van der Waals surface area contributed by atoms with Gasteiger partial charge in [0.1, 0.15) is 11.5 Å². The Bertz CT molecular complexity index is 369. The summed E-state index contributed by atoms with van der Waals surface area (Å²) in [4.78, 5) is 21.6. The van der Waals surface area contributed by atoms with Crippen LogP contribution in [0.1, 0.15) is 25.8 Å². The highest BCUT2D eigenvalue weighted by Gasteiger charge is 2.07. The smallest absolute Gasteiger partial charge is 0.298 e. The van der Waals surface area contributed by atoms with Gasteiger partial charge in [-0.3, -0.25) is 9.59 Å². The average molecular weight is 220 g/mol. The Hall–Kier alpha value is -1.64. The molecule has 0 saturated heterocycles. The van der Waals surface area contributed by atoms with E-state index in [1.165, 1.54) is 0 Å². The van der Waals surface area contributed by atoms with Crippen molar-refractivity contribution in [3.63, 3.8) is 0 Å². The van der Waals surface area contributed by atoms with E-state index in [4.69, 9.17) is 4.74 Å². The Labute approximate surface area is 95.4 Å². The van der Waals surface area contributed by atoms with Crippen LogP contribution in [-0.4, -0.2) is 12.3 Å². The summed E-state index contributed by atoms with van der Waals surface area (Å²) in [6.07, 6.45) is 1.22. The summed E-state index contributed by atoms with van der Waals surface area (Å²) in [7, 11) is 0. The van der Waals surface area contributed by atoms with Crippen LogP contribution >= 0.6 is 0 Å². The van der Waals surface area contributed by atoms with Crippen molar-refractivity contribution < 1.29 is 14.3 Å². The molecule has 0 amide bonds. The largest absolute Gasteiger partial charge is 0.429 e. The number of rotatable bonds is 6. The quantitative estimate of drug-likeness (QED) is 0.691. The first-order valence-electron chi connectivity index (χ1n) is 5.35. The molecule has 0 unspecified atom stereocenters. The van der Waals surface area contributed by atoms with Crippen molar-refractivity contribution in [1.82, 2.24) is 0 Å². The zero-order chi connectivity index (χ0) is 12.0. The normalized spacial score (nSPS) is 10.2. The van der Waals surface area contributed by atoms with Crippen molar-refractivity contribution in [1.29, 1.82) is 0 Å². The molecule has 3 heteroatoms. The third-order valence-electron chi connectivity index (χ3n) is 2.39. The van der Waals surface area contributed by atoms with E-state index in [0.29, 0.717) is 25.1 Å². The lowest BCUT2D eigenvalue weighted by Gasteiger charge is -2.05. The summed E-state index contributed by atoms with van der Waals surface area (Å²) in [5, 5.41) is 0. The summed E-state index contributed by atoms with van der Waals surface area (Å²) in [6, 6.07) is 7.23. The van der Waals surface area contributed by atoms with E-state index in [-0.39, 0.29) is 11.7 Å². The van der Waals surface area contributed by atoms with E-state index in [9.17, 15) is 9.59 Å². The van der Waals surface area contributed by atoms with Gasteiger partial charge in [0.25, 0.3) is 6.47 Å². The molecule has 3 nitrogen and oxygen atoms in total. The summed E-state index contributed by atoms with van der Waals surface area (Å²) >= 11 is 0. The molecular formula is C13H16O3. The lowest BCUT2D eigenvalue weighted by atomic mass is 10.0. The maximum absolute atomic E-state index is 11.4. The Morgan fingerprint density at radius 1 is 1.44 bits per heavy atom. The Morgan fingerprint density at radius 3 is 2.81 bits per heavy atom. The SMILES string of the molecule is CC(C)C(=O)CCc1cccc(OC=O)c1. The van der Waals surface area contributed by atoms with Crippen LogP contribution in [0.4, 0.5) is 0 Å². The highest BCUT2D eigenvalue weighted by atomic mass is 16.5. The zero-order valence-corrected chi connectivity index (χ0v) is 9.60. The molecule has 0 spiro atoms. The molecular weight excluding hydrogens is 204 g/mol. The van der Waals surface area contributed by atoms with Gasteiger partial charge in [-0.15, -0.1) is 0 Å². The number of benzene rings is 1. The van der Waals surface area contributed by atoms with Crippen LogP contribution in [0.5, 0.6) is 5.75 Å². The molecule has 0 atom stereocenters. The second-order valence-corrected chi connectivity index (χ2v) is 3.98. The molecule has 0 radical (unpaired) electrons. The maximum Gasteiger partial charge on any atom is 0.298 e. The number of Topliss-reactive ketones (excluding diaryl/α,β-unsaturated/α-hetero) is 1. The minimum atomic E-state index is 0.0782. The molecule has 86 valence electrons. The third-order valence-corrected chi connectivity index (χ3v) is 2.39. The predicted octanol–water partition coefficient (Wildman–Crippen LogP) is 2.38. The van der Waals surface area contributed by atoms with Crippen LogP contribution in [0.2, 0.25) is 0 Å². The van der Waals surface area contributed by atoms with Crippen LogP contribution in [0.15, 0.2) is 24.3 Å². The van der Waals surface area contributed by atoms with Crippen LogP contribution < -0.4 is 4.74 Å². The van der Waals surface area contributed by atoms with Crippen molar-refractivity contribution in [3.8, 4) is 5.75 Å². The van der Waals surface area contributed by atoms with Gasteiger partial charge in [0.15, 0.2) is 0 Å². The molecule has 0 bridgehead atoms. The van der Waals surface area contributed by atoms with Crippen molar-refractivity contribution in [2.24, 2.45) is 5.92 Å². The van der Waals surface area contributed by atoms with Gasteiger partial charge in [0.05, 0.1) is 0 Å². The van der Waals surface area contributed by atoms with Crippen molar-refractivity contribution in [2.75, 3.05) is 0 Å². The molecule has 0 aliphatic heterocycles. The predicted molar refractivity (Wildman–Crippen MR) is 61.3 cm³/mol. The molecule has 0 heterocycles. The van der Waals surface area contributed by atoms with Gasteiger partial charge in [-0.2, -0.15) is 0 Å². The summed E-state index contributed by atoms with van der Waals surface area (Å²) in [6.45, 7) is 4.20. The molecule has 0 fully saturated rings. The van der Waals surface area contributed by atoms with Gasteiger partial charge in [-0.25, -0.2) is 0 Å². The van der Waals surface area contributed by atoms with Gasteiger partial charge in [0, 0.05) is 12.3 Å². The van der Waals surface area contributed by atoms with Crippen LogP contribution in [0.25, 0.3) is 0 Å². The van der Waals surface area contributed by atoms with Gasteiger partial charge >= 0.3 is 0 Å². The van der Waals surface area contributed by atoms with Crippen molar-refractivity contribution >= 4 is 12.3 Å². The summed E-state index contributed by atoms with van der Waals surface area (Å²) < 4.78 is 4.74. The fourth-order valence-electron chi connectivity index (χ4n) is 1.39. The fraction of sp³-hybridized carbons (Fsp3) is 0.385. The second-order valence-electron chi connectivity index (χ2n) is 3.98. The monoisotopic (exact) mass is 220 g/mol. The van der Waals surface area contributed by atoms with Gasteiger partial charge in [0.2, 0.25) is 0 Å². The number of carbonyl (C=O) groups is 2. The second kappa shape index (κ2) is 6.05. The molecule has 0 aromatic heterocycles. The van der Waals surface area contributed by atoms with Crippen LogP contribution in [-0.2, 0) is 16.0 Å². The van der Waals surface area contributed by atoms with E-state index in [0.717, 1.165) is 5.56 Å². The number of ketones is 1. The highest BCUT2D eigenvalue weighted by Crippen LogP contribution is 2.14. The van der Waals surface area contributed by atoms with E-state index < -0.39 is 0 Å². The van der Waals surface area contributed by atoms with E-state index in [1.807, 2.05) is 26.0 Å². The molecule has 1 aromatic rings. The molecule has 0 aliphatic rings. The number of aryl methyl sites for hydroxylation is 1. The molecule has 1 aromatic carbocycles. The Morgan fingerprint density at radius 2 is 2.19 bits per heavy atom. The first kappa shape index (κ1) is 12.4. The van der Waals surface area contributed by atoms with Gasteiger partial charge < -0.3 is 4.74 Å². The van der Waals surface area contributed by atoms with Crippen LogP contribution in [0, 0.1) is 5.92 Å². The topological polar surface area (TPSA) is 43.4 Å². The zero-order valence-electron chi connectivity index (χ0n) is 9.60. The third kappa shape index (κ3) is 3.85. The molecule has 1 rings (SSSR count). The molecule has 0 saturated carbocycles. The standard InChI is InChI=1S/C13H16O3/c1-10(2)13(15)7-6-11-4-3-5-12(8-11)16-9-14/h3-5,8-10H,6-7H2,1-2H3. The van der Waals surface area contributed by atoms with E-state index in [2.05, 4.69) is 0 Å². The number of hydrogen-bond acceptors (Lipinski definition) is 3. The van der Waals surface area contributed by atoms with Gasteiger partial charge in [-0.1, -0.05) is 26.0 Å². The van der Waals surface area contributed by atoms with E-state index in [1.54, 1.807) is 12.1 Å². The Kier molecular flexibility index (Phi) is 4.70. The fourth-order valence-corrected chi connectivity index (χ4v) is 1.39. The summed E-state index contributed by atoms with van der Waals surface area (Å²) in [5.41, 5.74) is 1.01. The highest BCUT2D eigenvalue weighted by molar-refractivity contribution is 5.80. The lowest BCUT2D eigenvalue weighted by Crippen LogP contribution is -2.07. The van der Waals surface area contributed by atoms with Crippen molar-refractivity contribution in [3.05, 3.63) is 29.8 Å². The maximum atomic E-state index is 11.4. The lowest BCUT2D eigenvalue weighted by molar-refractivity contribution is -0.122. The average Bonchev–Trinajstić information content (AvgIpc) is 2.26. The number of carbonyl (C=O) groups excluding carboxylic acids is 2. The first-order valence-corrected chi connectivity index (χ1v) is 5.35. The minimum absolute atomic E-state index is 0.0782. The van der Waals surface area contributed by atoms with Crippen molar-refractivity contribution in [2.45, 2.75) is 26.7 Å². The Balaban J connectivity index is 2.57. The molecule has 16 heavy (non-hydrogen) atoms. The van der Waals surface area contributed by atoms with Crippen LogP contribution in [0.3, 0.4) is 0 Å². The van der Waals surface area contributed by atoms with E-state index >= 15 is 0 Å². The molecule has 0 aliphatic carbocycles. The number of hydrogen-bond donors (Lipinski definition) is 0. The summed E-state index contributed by atoms with van der Waals surface area (Å²) in [5.74, 6) is 0.848. The van der Waals surface area contributed by atoms with Gasteiger partial charge in [-0.05, 0) is 24.1 Å². The molecule has 0 N–H and O–H groups in total.